The standard InChI is InChI=1S/C17H19N3O3/c1-4-10-19-13(3)16(21)20(17(19)22)15-8-6-14(7-9-15)12-18-23-11-5-2/h4-9,12,21H,1-2,10-11H2,3H3. The van der Waals surface area contributed by atoms with Crippen LogP contribution in [0.5, 0.6) is 5.88 Å². The normalized spacial score (nSPS) is 10.8. The molecule has 1 heterocycles. The molecule has 0 unspecified atom stereocenters. The molecule has 0 bridgehead atoms. The smallest absolute Gasteiger partial charge is 0.336 e. The highest BCUT2D eigenvalue weighted by atomic mass is 16.6. The van der Waals surface area contributed by atoms with Crippen LogP contribution in [0.25, 0.3) is 5.69 Å². The van der Waals surface area contributed by atoms with Crippen LogP contribution in [0.1, 0.15) is 11.3 Å². The van der Waals surface area contributed by atoms with Crippen LogP contribution in [-0.2, 0) is 11.4 Å². The van der Waals surface area contributed by atoms with Crippen LogP contribution in [-0.4, -0.2) is 27.1 Å². The first-order chi connectivity index (χ1) is 11.1. The molecule has 23 heavy (non-hydrogen) atoms. The second kappa shape index (κ2) is 7.31. The number of allylic oxidation sites excluding steroid dienone is 1. The van der Waals surface area contributed by atoms with Crippen molar-refractivity contribution in [3.8, 4) is 11.6 Å². The summed E-state index contributed by atoms with van der Waals surface area (Å²) >= 11 is 0. The van der Waals surface area contributed by atoms with Crippen LogP contribution in [0.15, 0.2) is 59.5 Å². The van der Waals surface area contributed by atoms with Crippen LogP contribution in [0.3, 0.4) is 0 Å². The molecular weight excluding hydrogens is 294 g/mol. The zero-order chi connectivity index (χ0) is 16.8. The van der Waals surface area contributed by atoms with E-state index in [0.717, 1.165) is 5.56 Å². The zero-order valence-electron chi connectivity index (χ0n) is 13.0. The minimum Gasteiger partial charge on any atom is -0.493 e. The van der Waals surface area contributed by atoms with Crippen LogP contribution in [0, 0.1) is 6.92 Å². The number of hydrogen-bond acceptors (Lipinski definition) is 4. The largest absolute Gasteiger partial charge is 0.493 e. The molecule has 6 heteroatoms. The molecule has 1 aromatic heterocycles. The molecule has 0 saturated heterocycles. The fraction of sp³-hybridized carbons (Fsp3) is 0.176. The Morgan fingerprint density at radius 2 is 1.96 bits per heavy atom. The summed E-state index contributed by atoms with van der Waals surface area (Å²) in [7, 11) is 0. The lowest BCUT2D eigenvalue weighted by atomic mass is 10.2. The average Bonchev–Trinajstić information content (AvgIpc) is 2.76. The average molecular weight is 313 g/mol. The van der Waals surface area contributed by atoms with Crippen molar-refractivity contribution in [3.05, 3.63) is 71.3 Å². The summed E-state index contributed by atoms with van der Waals surface area (Å²) in [6.45, 7) is 9.52. The van der Waals surface area contributed by atoms with E-state index < -0.39 is 0 Å². The summed E-state index contributed by atoms with van der Waals surface area (Å²) in [5, 5.41) is 14.0. The number of nitrogens with zero attached hydrogens (tertiary/aromatic N) is 3. The molecule has 120 valence electrons. The Morgan fingerprint density at radius 1 is 1.26 bits per heavy atom. The van der Waals surface area contributed by atoms with Crippen molar-refractivity contribution in [2.45, 2.75) is 13.5 Å². The van der Waals surface area contributed by atoms with Gasteiger partial charge < -0.3 is 9.94 Å². The molecule has 0 fully saturated rings. The summed E-state index contributed by atoms with van der Waals surface area (Å²) in [5.74, 6) is -0.0763. The highest BCUT2D eigenvalue weighted by molar-refractivity contribution is 5.79. The number of hydrogen-bond donors (Lipinski definition) is 1. The van der Waals surface area contributed by atoms with E-state index in [1.807, 2.05) is 0 Å². The van der Waals surface area contributed by atoms with Gasteiger partial charge in [-0.2, -0.15) is 0 Å². The monoisotopic (exact) mass is 313 g/mol. The van der Waals surface area contributed by atoms with Gasteiger partial charge >= 0.3 is 5.69 Å². The molecule has 1 N–H and O–H groups in total. The predicted octanol–water partition coefficient (Wildman–Crippen LogP) is 2.38. The van der Waals surface area contributed by atoms with Gasteiger partial charge in [0, 0.05) is 6.54 Å². The molecule has 0 atom stereocenters. The number of imidazole rings is 1. The maximum Gasteiger partial charge on any atom is 0.336 e. The third kappa shape index (κ3) is 3.42. The first-order valence-electron chi connectivity index (χ1n) is 7.08. The third-order valence-electron chi connectivity index (χ3n) is 3.29. The van der Waals surface area contributed by atoms with Crippen LogP contribution in [0.4, 0.5) is 0 Å². The van der Waals surface area contributed by atoms with Gasteiger partial charge in [-0.3, -0.25) is 4.57 Å². The highest BCUT2D eigenvalue weighted by Gasteiger charge is 2.16. The molecule has 0 aliphatic heterocycles. The molecule has 2 rings (SSSR count). The van der Waals surface area contributed by atoms with Gasteiger partial charge in [0.2, 0.25) is 5.88 Å². The van der Waals surface area contributed by atoms with Gasteiger partial charge in [0.25, 0.3) is 0 Å². The Morgan fingerprint density at radius 3 is 2.57 bits per heavy atom. The Balaban J connectivity index is 2.31. The predicted molar refractivity (Wildman–Crippen MR) is 90.4 cm³/mol. The third-order valence-corrected chi connectivity index (χ3v) is 3.29. The van der Waals surface area contributed by atoms with Crippen molar-refractivity contribution in [1.29, 1.82) is 0 Å². The van der Waals surface area contributed by atoms with Gasteiger partial charge in [0.1, 0.15) is 6.61 Å². The van der Waals surface area contributed by atoms with E-state index in [2.05, 4.69) is 18.3 Å². The Kier molecular flexibility index (Phi) is 5.19. The van der Waals surface area contributed by atoms with Gasteiger partial charge in [-0.05, 0) is 24.6 Å². The Hall–Kier alpha value is -3.02. The van der Waals surface area contributed by atoms with Crippen molar-refractivity contribution in [1.82, 2.24) is 9.13 Å². The van der Waals surface area contributed by atoms with E-state index in [-0.39, 0.29) is 11.6 Å². The Bertz CT molecular complexity index is 783. The molecule has 0 aliphatic carbocycles. The molecule has 1 aromatic carbocycles. The van der Waals surface area contributed by atoms with Crippen LogP contribution >= 0.6 is 0 Å². The maximum atomic E-state index is 12.4. The molecule has 0 amide bonds. The number of rotatable bonds is 7. The summed E-state index contributed by atoms with van der Waals surface area (Å²) in [6, 6.07) is 7.02. The fourth-order valence-electron chi connectivity index (χ4n) is 2.12. The topological polar surface area (TPSA) is 68.8 Å². The van der Waals surface area contributed by atoms with E-state index in [4.69, 9.17) is 4.84 Å². The lowest BCUT2D eigenvalue weighted by Crippen LogP contribution is -2.23. The first-order valence-corrected chi connectivity index (χ1v) is 7.08. The highest BCUT2D eigenvalue weighted by Crippen LogP contribution is 2.19. The quantitative estimate of drug-likeness (QED) is 0.369. The second-order valence-electron chi connectivity index (χ2n) is 4.84. The van der Waals surface area contributed by atoms with Crippen molar-refractivity contribution >= 4 is 6.21 Å². The van der Waals surface area contributed by atoms with E-state index >= 15 is 0 Å². The lowest BCUT2D eigenvalue weighted by Gasteiger charge is -2.03. The van der Waals surface area contributed by atoms with E-state index in [1.54, 1.807) is 49.6 Å². The summed E-state index contributed by atoms with van der Waals surface area (Å²) in [5.41, 5.74) is 1.57. The minimum atomic E-state index is -0.310. The molecule has 0 aliphatic rings. The van der Waals surface area contributed by atoms with Gasteiger partial charge in [-0.25, -0.2) is 9.36 Å². The second-order valence-corrected chi connectivity index (χ2v) is 4.84. The summed E-state index contributed by atoms with van der Waals surface area (Å²) < 4.78 is 2.72. The zero-order valence-corrected chi connectivity index (χ0v) is 13.0. The van der Waals surface area contributed by atoms with Gasteiger partial charge in [-0.1, -0.05) is 36.0 Å². The molecule has 0 saturated carbocycles. The molecule has 0 spiro atoms. The lowest BCUT2D eigenvalue weighted by molar-refractivity contribution is 0.176. The minimum absolute atomic E-state index is 0.0763. The van der Waals surface area contributed by atoms with Crippen molar-refractivity contribution < 1.29 is 9.94 Å². The summed E-state index contributed by atoms with van der Waals surface area (Å²) in [4.78, 5) is 17.3. The molecule has 2 aromatic rings. The summed E-state index contributed by atoms with van der Waals surface area (Å²) in [6.07, 6.45) is 4.77. The van der Waals surface area contributed by atoms with Crippen molar-refractivity contribution in [3.63, 3.8) is 0 Å². The van der Waals surface area contributed by atoms with Crippen LogP contribution < -0.4 is 5.69 Å². The Labute approximate surface area is 134 Å². The van der Waals surface area contributed by atoms with Gasteiger partial charge in [0.05, 0.1) is 17.6 Å². The molecule has 6 nitrogen and oxygen atoms in total. The van der Waals surface area contributed by atoms with Gasteiger partial charge in [0.15, 0.2) is 0 Å². The number of aromatic hydroxyl groups is 1. The fourth-order valence-corrected chi connectivity index (χ4v) is 2.12. The van der Waals surface area contributed by atoms with Crippen LogP contribution in [0.2, 0.25) is 0 Å². The van der Waals surface area contributed by atoms with E-state index in [9.17, 15) is 9.90 Å². The van der Waals surface area contributed by atoms with E-state index in [0.29, 0.717) is 24.5 Å². The SMILES string of the molecule is C=CCON=Cc1ccc(-n2c(O)c(C)n(CC=C)c2=O)cc1. The number of benzene rings is 1. The number of aromatic nitrogens is 2. The van der Waals surface area contributed by atoms with Crippen molar-refractivity contribution in [2.24, 2.45) is 5.16 Å². The van der Waals surface area contributed by atoms with E-state index in [1.165, 1.54) is 9.13 Å². The molecule has 0 radical (unpaired) electrons. The number of oxime groups is 1. The molecular formula is C17H19N3O3. The van der Waals surface area contributed by atoms with Gasteiger partial charge in [-0.15, -0.1) is 6.58 Å². The first kappa shape index (κ1) is 16.4. The van der Waals surface area contributed by atoms with Crippen molar-refractivity contribution in [2.75, 3.05) is 6.61 Å². The maximum absolute atomic E-state index is 12.4.